The summed E-state index contributed by atoms with van der Waals surface area (Å²) < 4.78 is 37.4. The Hall–Kier alpha value is -0.970. The van der Waals surface area contributed by atoms with Gasteiger partial charge in [0.25, 0.3) is 0 Å². The number of hydrogen-bond acceptors (Lipinski definition) is 3. The minimum atomic E-state index is -2.36. The van der Waals surface area contributed by atoms with Crippen molar-refractivity contribution in [2.24, 2.45) is 39.9 Å². The quantitative estimate of drug-likeness (QED) is 0.185. The van der Waals surface area contributed by atoms with Crippen LogP contribution in [0.3, 0.4) is 0 Å². The van der Waals surface area contributed by atoms with Crippen LogP contribution in [-0.4, -0.2) is 32.2 Å². The van der Waals surface area contributed by atoms with Gasteiger partial charge in [0.15, 0.2) is 0 Å². The van der Waals surface area contributed by atoms with Gasteiger partial charge in [0.05, 0.1) is 19.8 Å². The highest BCUT2D eigenvalue weighted by Gasteiger charge is 2.58. The SMILES string of the molecule is COC(=O)CCCCC1CCC2[C@@H]3CC=C4CC(OCC(C)(C)C(F)F)CCC4(C)C3CCC12C. The van der Waals surface area contributed by atoms with Crippen molar-refractivity contribution >= 4 is 5.97 Å². The molecule has 0 radical (unpaired) electrons. The molecule has 7 atom stereocenters. The van der Waals surface area contributed by atoms with Gasteiger partial charge in [-0.25, -0.2) is 8.78 Å². The average molecular weight is 495 g/mol. The summed E-state index contributed by atoms with van der Waals surface area (Å²) in [6.07, 6.45) is 13.7. The van der Waals surface area contributed by atoms with E-state index in [2.05, 4.69) is 19.9 Å². The highest BCUT2D eigenvalue weighted by atomic mass is 19.3. The third kappa shape index (κ3) is 5.22. The van der Waals surface area contributed by atoms with Crippen molar-refractivity contribution in [3.05, 3.63) is 11.6 Å². The normalized spacial score (nSPS) is 39.0. The zero-order valence-corrected chi connectivity index (χ0v) is 22.7. The van der Waals surface area contributed by atoms with Crippen molar-refractivity contribution in [3.8, 4) is 0 Å². The summed E-state index contributed by atoms with van der Waals surface area (Å²) in [5, 5.41) is 0. The van der Waals surface area contributed by atoms with Gasteiger partial charge in [0.2, 0.25) is 6.43 Å². The van der Waals surface area contributed by atoms with E-state index in [-0.39, 0.29) is 24.1 Å². The molecule has 4 rings (SSSR count). The Morgan fingerprint density at radius 3 is 2.60 bits per heavy atom. The summed E-state index contributed by atoms with van der Waals surface area (Å²) in [6.45, 7) is 8.40. The molecule has 0 spiro atoms. The topological polar surface area (TPSA) is 35.5 Å². The second kappa shape index (κ2) is 10.4. The van der Waals surface area contributed by atoms with E-state index >= 15 is 0 Å². The number of allylic oxidation sites excluding steroid dienone is 1. The molecular formula is C30H48F2O3. The number of unbranched alkanes of at least 4 members (excludes halogenated alkanes) is 1. The van der Waals surface area contributed by atoms with Crippen molar-refractivity contribution in [1.82, 2.24) is 0 Å². The zero-order chi connectivity index (χ0) is 25.4. The molecule has 0 N–H and O–H groups in total. The number of alkyl halides is 2. The third-order valence-electron chi connectivity index (χ3n) is 10.9. The van der Waals surface area contributed by atoms with Crippen molar-refractivity contribution < 1.29 is 23.0 Å². The first kappa shape index (κ1) is 27.1. The van der Waals surface area contributed by atoms with Gasteiger partial charge in [0, 0.05) is 11.8 Å². The molecule has 3 saturated carbocycles. The molecule has 0 aromatic carbocycles. The standard InChI is InChI=1S/C30H48F2O3/c1-28(2,27(31)32)19-35-22-14-16-30(4)21(18-22)10-12-23-24-13-11-20(8-6-7-9-26(33)34-5)29(24,3)17-15-25(23)30/h10,20,22-25,27H,6-9,11-19H2,1-5H3/t20?,22?,23-,24?,25?,29?,30?/m0/s1. The number of methoxy groups -OCH3 is 1. The van der Waals surface area contributed by atoms with E-state index in [9.17, 15) is 13.6 Å². The highest BCUT2D eigenvalue weighted by molar-refractivity contribution is 5.68. The van der Waals surface area contributed by atoms with Crippen LogP contribution in [0.4, 0.5) is 8.78 Å². The van der Waals surface area contributed by atoms with Gasteiger partial charge in [0.1, 0.15) is 0 Å². The van der Waals surface area contributed by atoms with Crippen LogP contribution >= 0.6 is 0 Å². The van der Waals surface area contributed by atoms with Crippen molar-refractivity contribution in [2.45, 2.75) is 117 Å². The molecule has 6 unspecified atom stereocenters. The molecule has 0 aliphatic heterocycles. The Labute approximate surface area is 211 Å². The van der Waals surface area contributed by atoms with Crippen LogP contribution in [0.2, 0.25) is 0 Å². The summed E-state index contributed by atoms with van der Waals surface area (Å²) in [7, 11) is 1.47. The summed E-state index contributed by atoms with van der Waals surface area (Å²) in [4.78, 5) is 11.5. The fourth-order valence-corrected chi connectivity index (χ4v) is 8.51. The molecule has 35 heavy (non-hydrogen) atoms. The predicted octanol–water partition coefficient (Wildman–Crippen LogP) is 7.98. The number of hydrogen-bond donors (Lipinski definition) is 0. The van der Waals surface area contributed by atoms with Crippen LogP contribution in [0.5, 0.6) is 0 Å². The van der Waals surface area contributed by atoms with Crippen molar-refractivity contribution in [2.75, 3.05) is 13.7 Å². The fourth-order valence-electron chi connectivity index (χ4n) is 8.51. The highest BCUT2D eigenvalue weighted by Crippen LogP contribution is 2.66. The lowest BCUT2D eigenvalue weighted by molar-refractivity contribution is -0.140. The van der Waals surface area contributed by atoms with Gasteiger partial charge in [-0.2, -0.15) is 0 Å². The van der Waals surface area contributed by atoms with Crippen LogP contribution in [0.15, 0.2) is 11.6 Å². The molecule has 4 aliphatic carbocycles. The number of fused-ring (bicyclic) bond motifs is 5. The van der Waals surface area contributed by atoms with Crippen LogP contribution in [-0.2, 0) is 14.3 Å². The lowest BCUT2D eigenvalue weighted by Crippen LogP contribution is -2.50. The number of ether oxygens (including phenoxy) is 2. The Kier molecular flexibility index (Phi) is 8.06. The Morgan fingerprint density at radius 2 is 1.89 bits per heavy atom. The summed E-state index contributed by atoms with van der Waals surface area (Å²) in [5.41, 5.74) is 1.15. The molecule has 0 bridgehead atoms. The van der Waals surface area contributed by atoms with Gasteiger partial charge < -0.3 is 9.47 Å². The molecule has 0 saturated heterocycles. The van der Waals surface area contributed by atoms with Gasteiger partial charge in [-0.3, -0.25) is 4.79 Å². The smallest absolute Gasteiger partial charge is 0.305 e. The first-order valence-corrected chi connectivity index (χ1v) is 14.2. The molecule has 0 amide bonds. The maximum atomic E-state index is 13.3. The molecule has 3 fully saturated rings. The monoisotopic (exact) mass is 494 g/mol. The number of carbonyl (C=O) groups is 1. The van der Waals surface area contributed by atoms with Crippen LogP contribution in [0.1, 0.15) is 105 Å². The molecule has 0 heterocycles. The summed E-state index contributed by atoms with van der Waals surface area (Å²) in [6, 6.07) is 0. The van der Waals surface area contributed by atoms with Crippen molar-refractivity contribution in [1.29, 1.82) is 0 Å². The second-order valence-corrected chi connectivity index (χ2v) is 13.4. The molecule has 0 aromatic rings. The predicted molar refractivity (Wildman–Crippen MR) is 135 cm³/mol. The van der Waals surface area contributed by atoms with E-state index in [0.29, 0.717) is 11.8 Å². The van der Waals surface area contributed by atoms with Crippen LogP contribution in [0.25, 0.3) is 0 Å². The minimum absolute atomic E-state index is 0.0820. The average Bonchev–Trinajstić information content (AvgIpc) is 3.16. The number of carbonyl (C=O) groups excluding carboxylic acids is 1. The van der Waals surface area contributed by atoms with Gasteiger partial charge in [-0.05, 0) is 98.7 Å². The second-order valence-electron chi connectivity index (χ2n) is 13.4. The summed E-state index contributed by atoms with van der Waals surface area (Å²) >= 11 is 0. The first-order chi connectivity index (χ1) is 16.5. The Bertz CT molecular complexity index is 792. The zero-order valence-electron chi connectivity index (χ0n) is 22.7. The molecule has 4 aliphatic rings. The maximum absolute atomic E-state index is 13.3. The molecule has 0 aromatic heterocycles. The van der Waals surface area contributed by atoms with Crippen molar-refractivity contribution in [3.63, 3.8) is 0 Å². The van der Waals surface area contributed by atoms with E-state index in [1.807, 2.05) is 0 Å². The lowest BCUT2D eigenvalue weighted by Gasteiger charge is -2.58. The van der Waals surface area contributed by atoms with E-state index in [4.69, 9.17) is 9.47 Å². The van der Waals surface area contributed by atoms with E-state index in [1.54, 1.807) is 19.4 Å². The van der Waals surface area contributed by atoms with Gasteiger partial charge >= 0.3 is 5.97 Å². The number of rotatable bonds is 9. The largest absolute Gasteiger partial charge is 0.469 e. The maximum Gasteiger partial charge on any atom is 0.305 e. The third-order valence-corrected chi connectivity index (χ3v) is 10.9. The number of halogens is 2. The molecular weight excluding hydrogens is 446 g/mol. The Balaban J connectivity index is 1.37. The fraction of sp³-hybridized carbons (Fsp3) is 0.900. The Morgan fingerprint density at radius 1 is 1.11 bits per heavy atom. The summed E-state index contributed by atoms with van der Waals surface area (Å²) in [5.74, 6) is 3.03. The molecule has 200 valence electrons. The van der Waals surface area contributed by atoms with Gasteiger partial charge in [-0.1, -0.05) is 45.8 Å². The van der Waals surface area contributed by atoms with E-state index in [1.165, 1.54) is 45.6 Å². The van der Waals surface area contributed by atoms with Crippen LogP contribution in [0, 0.1) is 39.9 Å². The van der Waals surface area contributed by atoms with Gasteiger partial charge in [-0.15, -0.1) is 0 Å². The lowest BCUT2D eigenvalue weighted by atomic mass is 9.47. The van der Waals surface area contributed by atoms with E-state index < -0.39 is 11.8 Å². The number of esters is 1. The molecule has 5 heteroatoms. The van der Waals surface area contributed by atoms with Crippen LogP contribution < -0.4 is 0 Å². The first-order valence-electron chi connectivity index (χ1n) is 14.2. The van der Waals surface area contributed by atoms with E-state index in [0.717, 1.165) is 55.8 Å². The molecule has 3 nitrogen and oxygen atoms in total. The minimum Gasteiger partial charge on any atom is -0.469 e.